The van der Waals surface area contributed by atoms with Gasteiger partial charge in [0.2, 0.25) is 0 Å². The molecule has 22 heavy (non-hydrogen) atoms. The van der Waals surface area contributed by atoms with Crippen LogP contribution in [-0.4, -0.2) is 41.1 Å². The van der Waals surface area contributed by atoms with Gasteiger partial charge in [0.15, 0.2) is 6.29 Å². The lowest BCUT2D eigenvalue weighted by Gasteiger charge is -2.33. The molecular weight excluding hydrogens is 282 g/mol. The van der Waals surface area contributed by atoms with Gasteiger partial charge in [0.25, 0.3) is 0 Å². The van der Waals surface area contributed by atoms with Crippen molar-refractivity contribution in [2.24, 2.45) is 0 Å². The Bertz CT molecular complexity index is 554. The van der Waals surface area contributed by atoms with Crippen molar-refractivity contribution in [2.75, 3.05) is 13.1 Å². The Hall–Kier alpha value is -2.04. The van der Waals surface area contributed by atoms with Crippen molar-refractivity contribution in [3.05, 3.63) is 29.3 Å². The van der Waals surface area contributed by atoms with Crippen LogP contribution < -0.4 is 0 Å². The molecule has 2 rings (SSSR count). The number of likely N-dealkylation sites (tertiary alicyclic amines) is 1. The Morgan fingerprint density at radius 3 is 2.45 bits per heavy atom. The molecule has 1 N–H and O–H groups in total. The molecule has 1 aromatic carbocycles. The molecule has 0 saturated carbocycles. The maximum atomic E-state index is 12.0. The molecule has 0 radical (unpaired) electrons. The van der Waals surface area contributed by atoms with Gasteiger partial charge < -0.3 is 14.7 Å². The Balaban J connectivity index is 1.96. The monoisotopic (exact) mass is 305 g/mol. The van der Waals surface area contributed by atoms with Gasteiger partial charge in [-0.3, -0.25) is 4.79 Å². The predicted octanol–water partition coefficient (Wildman–Crippen LogP) is 3.32. The van der Waals surface area contributed by atoms with Crippen molar-refractivity contribution < 1.29 is 19.4 Å². The largest absolute Gasteiger partial charge is 0.507 e. The molecular formula is C17H23NO4. The quantitative estimate of drug-likeness (QED) is 0.851. The maximum absolute atomic E-state index is 12.0. The van der Waals surface area contributed by atoms with E-state index in [1.165, 1.54) is 0 Å². The highest BCUT2D eigenvalue weighted by molar-refractivity contribution is 5.79. The Kier molecular flexibility index (Phi) is 4.74. The Morgan fingerprint density at radius 2 is 1.95 bits per heavy atom. The number of piperidine rings is 1. The van der Waals surface area contributed by atoms with Gasteiger partial charge in [0.1, 0.15) is 11.4 Å². The lowest BCUT2D eigenvalue weighted by atomic mass is 9.89. The van der Waals surface area contributed by atoms with E-state index in [0.29, 0.717) is 24.9 Å². The zero-order valence-electron chi connectivity index (χ0n) is 13.3. The van der Waals surface area contributed by atoms with Crippen LogP contribution in [0.1, 0.15) is 55.5 Å². The van der Waals surface area contributed by atoms with Gasteiger partial charge in [0.05, 0.1) is 5.56 Å². The molecule has 0 aliphatic carbocycles. The second-order valence-electron chi connectivity index (χ2n) is 6.68. The topological polar surface area (TPSA) is 66.8 Å². The van der Waals surface area contributed by atoms with E-state index in [4.69, 9.17) is 4.74 Å². The fourth-order valence-corrected chi connectivity index (χ4v) is 2.64. The second-order valence-corrected chi connectivity index (χ2v) is 6.68. The average Bonchev–Trinajstić information content (AvgIpc) is 2.45. The van der Waals surface area contributed by atoms with Crippen molar-refractivity contribution in [2.45, 2.75) is 45.1 Å². The highest BCUT2D eigenvalue weighted by atomic mass is 16.6. The van der Waals surface area contributed by atoms with Crippen LogP contribution in [0.3, 0.4) is 0 Å². The molecule has 1 heterocycles. The highest BCUT2D eigenvalue weighted by Crippen LogP contribution is 2.31. The number of carbonyl (C=O) groups is 2. The third kappa shape index (κ3) is 4.00. The molecule has 1 fully saturated rings. The summed E-state index contributed by atoms with van der Waals surface area (Å²) in [6.07, 6.45) is 2.01. The van der Waals surface area contributed by atoms with E-state index in [1.54, 1.807) is 17.0 Å². The molecule has 0 bridgehead atoms. The summed E-state index contributed by atoms with van der Waals surface area (Å²) in [5.41, 5.74) is 0.826. The zero-order chi connectivity index (χ0) is 16.3. The molecule has 0 unspecified atom stereocenters. The summed E-state index contributed by atoms with van der Waals surface area (Å²) in [6.45, 7) is 6.84. The molecule has 0 spiro atoms. The maximum Gasteiger partial charge on any atom is 0.410 e. The number of ether oxygens (including phenoxy) is 1. The van der Waals surface area contributed by atoms with Crippen LogP contribution in [0.15, 0.2) is 18.2 Å². The normalized spacial score (nSPS) is 16.4. The van der Waals surface area contributed by atoms with Crippen LogP contribution in [0.2, 0.25) is 0 Å². The third-order valence-corrected chi connectivity index (χ3v) is 3.80. The van der Waals surface area contributed by atoms with Crippen LogP contribution in [0, 0.1) is 0 Å². The van der Waals surface area contributed by atoms with Gasteiger partial charge in [-0.2, -0.15) is 0 Å². The van der Waals surface area contributed by atoms with Crippen molar-refractivity contribution >= 4 is 12.4 Å². The lowest BCUT2D eigenvalue weighted by molar-refractivity contribution is 0.0204. The van der Waals surface area contributed by atoms with Gasteiger partial charge in [-0.15, -0.1) is 0 Å². The van der Waals surface area contributed by atoms with Crippen LogP contribution in [0.25, 0.3) is 0 Å². The van der Waals surface area contributed by atoms with E-state index < -0.39 is 5.60 Å². The number of benzene rings is 1. The van der Waals surface area contributed by atoms with Gasteiger partial charge in [0, 0.05) is 13.1 Å². The van der Waals surface area contributed by atoms with Gasteiger partial charge >= 0.3 is 6.09 Å². The number of hydrogen-bond donors (Lipinski definition) is 1. The van der Waals surface area contributed by atoms with E-state index in [1.807, 2.05) is 26.8 Å². The second kappa shape index (κ2) is 6.38. The molecule has 1 aromatic rings. The summed E-state index contributed by atoms with van der Waals surface area (Å²) in [7, 11) is 0. The Labute approximate surface area is 130 Å². The molecule has 5 heteroatoms. The number of hydrogen-bond acceptors (Lipinski definition) is 4. The fourth-order valence-electron chi connectivity index (χ4n) is 2.64. The molecule has 120 valence electrons. The number of nitrogens with zero attached hydrogens (tertiary/aromatic N) is 1. The number of aldehydes is 1. The standard InChI is InChI=1S/C17H23NO4/c1-17(2,3)22-16(21)18-8-6-12(7-9-18)13-4-5-14(11-19)15(20)10-13/h4-5,10-12,20H,6-9H2,1-3H3. The average molecular weight is 305 g/mol. The van der Waals surface area contributed by atoms with E-state index in [9.17, 15) is 14.7 Å². The smallest absolute Gasteiger partial charge is 0.410 e. The first-order valence-electron chi connectivity index (χ1n) is 7.56. The van der Waals surface area contributed by atoms with E-state index in [0.717, 1.165) is 18.4 Å². The molecule has 5 nitrogen and oxygen atoms in total. The summed E-state index contributed by atoms with van der Waals surface area (Å²) in [6, 6.07) is 5.16. The van der Waals surface area contributed by atoms with Crippen molar-refractivity contribution in [3.8, 4) is 5.75 Å². The summed E-state index contributed by atoms with van der Waals surface area (Å²) >= 11 is 0. The summed E-state index contributed by atoms with van der Waals surface area (Å²) in [5, 5.41) is 9.77. The van der Waals surface area contributed by atoms with Crippen LogP contribution in [0.4, 0.5) is 4.79 Å². The van der Waals surface area contributed by atoms with Gasteiger partial charge in [-0.25, -0.2) is 4.79 Å². The summed E-state index contributed by atoms with van der Waals surface area (Å²) in [4.78, 5) is 24.5. The van der Waals surface area contributed by atoms with Crippen molar-refractivity contribution in [1.82, 2.24) is 4.90 Å². The zero-order valence-corrected chi connectivity index (χ0v) is 13.3. The summed E-state index contributed by atoms with van der Waals surface area (Å²) in [5.74, 6) is 0.298. The minimum Gasteiger partial charge on any atom is -0.507 e. The molecule has 1 aliphatic rings. The van der Waals surface area contributed by atoms with E-state index in [2.05, 4.69) is 0 Å². The molecule has 0 aromatic heterocycles. The van der Waals surface area contributed by atoms with Gasteiger partial charge in [-0.1, -0.05) is 6.07 Å². The number of phenolic OH excluding ortho intramolecular Hbond substituents is 1. The van der Waals surface area contributed by atoms with Crippen molar-refractivity contribution in [3.63, 3.8) is 0 Å². The van der Waals surface area contributed by atoms with Crippen molar-refractivity contribution in [1.29, 1.82) is 0 Å². The van der Waals surface area contributed by atoms with Crippen LogP contribution in [0.5, 0.6) is 5.75 Å². The fraction of sp³-hybridized carbons (Fsp3) is 0.529. The Morgan fingerprint density at radius 1 is 1.32 bits per heavy atom. The molecule has 1 amide bonds. The minimum absolute atomic E-state index is 0.0158. The predicted molar refractivity (Wildman–Crippen MR) is 83.3 cm³/mol. The van der Waals surface area contributed by atoms with E-state index in [-0.39, 0.29) is 17.8 Å². The SMILES string of the molecule is CC(C)(C)OC(=O)N1CCC(c2ccc(C=O)c(O)c2)CC1. The third-order valence-electron chi connectivity index (χ3n) is 3.80. The highest BCUT2D eigenvalue weighted by Gasteiger charge is 2.27. The van der Waals surface area contributed by atoms with E-state index >= 15 is 0 Å². The first-order valence-corrected chi connectivity index (χ1v) is 7.56. The number of aromatic hydroxyl groups is 1. The number of carbonyl (C=O) groups excluding carboxylic acids is 2. The number of phenols is 1. The molecule has 1 aliphatic heterocycles. The van der Waals surface area contributed by atoms with Crippen LogP contribution >= 0.6 is 0 Å². The first kappa shape index (κ1) is 16.3. The molecule has 1 saturated heterocycles. The van der Waals surface area contributed by atoms with Crippen LogP contribution in [-0.2, 0) is 4.74 Å². The first-order chi connectivity index (χ1) is 10.3. The number of rotatable bonds is 2. The minimum atomic E-state index is -0.482. The lowest BCUT2D eigenvalue weighted by Crippen LogP contribution is -2.41. The molecule has 0 atom stereocenters. The summed E-state index contributed by atoms with van der Waals surface area (Å²) < 4.78 is 5.38. The number of amides is 1. The van der Waals surface area contributed by atoms with Gasteiger partial charge in [-0.05, 0) is 57.2 Å².